The number of thiazole rings is 1. The van der Waals surface area contributed by atoms with Gasteiger partial charge in [0, 0.05) is 28.9 Å². The predicted octanol–water partition coefficient (Wildman–Crippen LogP) is 4.76. The lowest BCUT2D eigenvalue weighted by Crippen LogP contribution is -1.80. The lowest BCUT2D eigenvalue weighted by molar-refractivity contribution is 1.32. The van der Waals surface area contributed by atoms with Gasteiger partial charge in [-0.2, -0.15) is 0 Å². The Hall–Kier alpha value is -1.52. The van der Waals surface area contributed by atoms with Crippen LogP contribution in [0.2, 0.25) is 0 Å². The highest BCUT2D eigenvalue weighted by atomic mass is 79.9. The van der Waals surface area contributed by atoms with Gasteiger partial charge in [0.2, 0.25) is 0 Å². The fraction of sp³-hybridized carbons (Fsp3) is 0.0667. The van der Waals surface area contributed by atoms with Crippen LogP contribution in [0.4, 0.5) is 0 Å². The molecule has 0 saturated heterocycles. The molecule has 2 heterocycles. The number of aryl methyl sites for hydroxylation is 1. The zero-order valence-corrected chi connectivity index (χ0v) is 12.9. The van der Waals surface area contributed by atoms with Gasteiger partial charge in [-0.05, 0) is 19.1 Å². The summed E-state index contributed by atoms with van der Waals surface area (Å²) in [5, 5.41) is 3.13. The van der Waals surface area contributed by atoms with Crippen molar-refractivity contribution < 1.29 is 0 Å². The van der Waals surface area contributed by atoms with Crippen molar-refractivity contribution >= 4 is 28.3 Å². The van der Waals surface area contributed by atoms with Gasteiger partial charge in [-0.3, -0.25) is 4.98 Å². The Morgan fingerprint density at radius 2 is 1.58 bits per heavy atom. The Bertz CT molecular complexity index is 647. The molecule has 2 aromatic heterocycles. The Morgan fingerprint density at radius 3 is 2.26 bits per heavy atom. The molecule has 1 aromatic carbocycles. The molecule has 3 aromatic rings. The first-order valence-corrected chi connectivity index (χ1v) is 6.64. The fourth-order valence-corrected chi connectivity index (χ4v) is 2.59. The molecule has 0 unspecified atom stereocenters. The van der Waals surface area contributed by atoms with E-state index in [-0.39, 0.29) is 17.0 Å². The number of hydrogen-bond acceptors (Lipinski definition) is 3. The molecule has 0 aliphatic rings. The molecule has 3 rings (SSSR count). The first kappa shape index (κ1) is 13.9. The van der Waals surface area contributed by atoms with E-state index in [1.807, 2.05) is 12.1 Å². The largest absolute Gasteiger partial charge is 0.265 e. The minimum absolute atomic E-state index is 0. The van der Waals surface area contributed by atoms with Crippen LogP contribution in [0.25, 0.3) is 21.8 Å². The molecule has 0 saturated carbocycles. The molecule has 0 radical (unpaired) electrons. The van der Waals surface area contributed by atoms with Crippen molar-refractivity contribution in [1.82, 2.24) is 9.97 Å². The van der Waals surface area contributed by atoms with Gasteiger partial charge in [-0.1, -0.05) is 29.8 Å². The highest BCUT2D eigenvalue weighted by Crippen LogP contribution is 2.28. The third kappa shape index (κ3) is 3.08. The van der Waals surface area contributed by atoms with Crippen LogP contribution in [0.15, 0.2) is 54.2 Å². The van der Waals surface area contributed by atoms with Gasteiger partial charge < -0.3 is 0 Å². The second kappa shape index (κ2) is 6.08. The smallest absolute Gasteiger partial charge is 0.124 e. The fourth-order valence-electron chi connectivity index (χ4n) is 1.76. The topological polar surface area (TPSA) is 25.8 Å². The third-order valence-electron chi connectivity index (χ3n) is 2.78. The number of hydrogen-bond donors (Lipinski definition) is 0. The first-order valence-electron chi connectivity index (χ1n) is 5.76. The summed E-state index contributed by atoms with van der Waals surface area (Å²) in [4.78, 5) is 8.69. The summed E-state index contributed by atoms with van der Waals surface area (Å²) in [6, 6.07) is 12.4. The average molecular weight is 333 g/mol. The van der Waals surface area contributed by atoms with E-state index in [4.69, 9.17) is 0 Å². The molecular weight excluding hydrogens is 320 g/mol. The molecule has 0 fully saturated rings. The minimum atomic E-state index is 0. The molecule has 0 amide bonds. The predicted molar refractivity (Wildman–Crippen MR) is 85.8 cm³/mol. The highest BCUT2D eigenvalue weighted by Gasteiger charge is 2.05. The van der Waals surface area contributed by atoms with E-state index in [2.05, 4.69) is 46.5 Å². The molecule has 0 aliphatic heterocycles. The molecule has 4 heteroatoms. The van der Waals surface area contributed by atoms with Gasteiger partial charge in [0.1, 0.15) is 5.01 Å². The summed E-state index contributed by atoms with van der Waals surface area (Å²) in [5.74, 6) is 0. The van der Waals surface area contributed by atoms with Crippen LogP contribution in [0.5, 0.6) is 0 Å². The lowest BCUT2D eigenvalue weighted by Gasteiger charge is -1.97. The summed E-state index contributed by atoms with van der Waals surface area (Å²) in [7, 11) is 0. The van der Waals surface area contributed by atoms with Crippen molar-refractivity contribution in [2.75, 3.05) is 0 Å². The summed E-state index contributed by atoms with van der Waals surface area (Å²) >= 11 is 1.66. The second-order valence-electron chi connectivity index (χ2n) is 4.14. The minimum Gasteiger partial charge on any atom is -0.265 e. The zero-order valence-electron chi connectivity index (χ0n) is 10.4. The van der Waals surface area contributed by atoms with Crippen molar-refractivity contribution in [1.29, 1.82) is 0 Å². The van der Waals surface area contributed by atoms with Crippen LogP contribution in [0.1, 0.15) is 5.56 Å². The lowest BCUT2D eigenvalue weighted by atomic mass is 10.1. The van der Waals surface area contributed by atoms with Crippen molar-refractivity contribution in [3.63, 3.8) is 0 Å². The molecule has 0 aliphatic carbocycles. The number of aromatic nitrogens is 2. The Labute approximate surface area is 127 Å². The maximum atomic E-state index is 4.67. The van der Waals surface area contributed by atoms with Crippen LogP contribution < -0.4 is 0 Å². The third-order valence-corrected chi connectivity index (χ3v) is 3.67. The van der Waals surface area contributed by atoms with Gasteiger partial charge in [0.05, 0.1) is 5.69 Å². The van der Waals surface area contributed by atoms with Crippen LogP contribution in [-0.4, -0.2) is 9.97 Å². The Kier molecular flexibility index (Phi) is 4.45. The zero-order chi connectivity index (χ0) is 12.4. The van der Waals surface area contributed by atoms with Crippen LogP contribution >= 0.6 is 28.3 Å². The molecule has 2 nitrogen and oxygen atoms in total. The van der Waals surface area contributed by atoms with Crippen LogP contribution in [0, 0.1) is 6.92 Å². The number of rotatable bonds is 2. The van der Waals surface area contributed by atoms with E-state index in [0.717, 1.165) is 21.8 Å². The first-order chi connectivity index (χ1) is 8.83. The van der Waals surface area contributed by atoms with Crippen molar-refractivity contribution in [2.24, 2.45) is 0 Å². The van der Waals surface area contributed by atoms with Crippen LogP contribution in [0.3, 0.4) is 0 Å². The van der Waals surface area contributed by atoms with E-state index in [1.54, 1.807) is 23.7 Å². The summed E-state index contributed by atoms with van der Waals surface area (Å²) in [6.45, 7) is 2.09. The Balaban J connectivity index is 0.00000133. The average Bonchev–Trinajstić information content (AvgIpc) is 2.90. The summed E-state index contributed by atoms with van der Waals surface area (Å²) in [5.41, 5.74) is 4.58. The maximum absolute atomic E-state index is 4.67. The van der Waals surface area contributed by atoms with E-state index in [9.17, 15) is 0 Å². The standard InChI is InChI=1S/C15H12N2S.BrH/c1-11-2-4-12(5-3-11)14-10-18-15(17-14)13-6-8-16-9-7-13;/h2-10H,1H3;1H. The van der Waals surface area contributed by atoms with Gasteiger partial charge in [-0.25, -0.2) is 4.98 Å². The van der Waals surface area contributed by atoms with Crippen molar-refractivity contribution in [2.45, 2.75) is 6.92 Å². The highest BCUT2D eigenvalue weighted by molar-refractivity contribution is 8.93. The maximum Gasteiger partial charge on any atom is 0.124 e. The molecular formula is C15H13BrN2S. The SMILES string of the molecule is Br.Cc1ccc(-c2csc(-c3ccncc3)n2)cc1. The van der Waals surface area contributed by atoms with E-state index >= 15 is 0 Å². The number of benzene rings is 1. The monoisotopic (exact) mass is 332 g/mol. The van der Waals surface area contributed by atoms with Gasteiger partial charge in [0.15, 0.2) is 0 Å². The van der Waals surface area contributed by atoms with Gasteiger partial charge in [-0.15, -0.1) is 28.3 Å². The number of nitrogens with zero attached hydrogens (tertiary/aromatic N) is 2. The Morgan fingerprint density at radius 1 is 0.895 bits per heavy atom. The van der Waals surface area contributed by atoms with E-state index < -0.39 is 0 Å². The van der Waals surface area contributed by atoms with Crippen molar-refractivity contribution in [3.05, 3.63) is 59.7 Å². The van der Waals surface area contributed by atoms with Crippen LogP contribution in [-0.2, 0) is 0 Å². The molecule has 19 heavy (non-hydrogen) atoms. The summed E-state index contributed by atoms with van der Waals surface area (Å²) < 4.78 is 0. The number of pyridine rings is 1. The number of halogens is 1. The second-order valence-corrected chi connectivity index (χ2v) is 5.00. The van der Waals surface area contributed by atoms with Gasteiger partial charge in [0.25, 0.3) is 0 Å². The normalized spacial score (nSPS) is 9.95. The summed E-state index contributed by atoms with van der Waals surface area (Å²) in [6.07, 6.45) is 3.59. The molecule has 0 N–H and O–H groups in total. The molecule has 0 spiro atoms. The molecule has 0 bridgehead atoms. The van der Waals surface area contributed by atoms with Gasteiger partial charge >= 0.3 is 0 Å². The van der Waals surface area contributed by atoms with E-state index in [1.165, 1.54) is 5.56 Å². The van der Waals surface area contributed by atoms with E-state index in [0.29, 0.717) is 0 Å². The van der Waals surface area contributed by atoms with Crippen molar-refractivity contribution in [3.8, 4) is 21.8 Å². The quantitative estimate of drug-likeness (QED) is 0.676. The molecule has 96 valence electrons. The molecule has 0 atom stereocenters.